The maximum absolute atomic E-state index is 12.4. The molecule has 2 atom stereocenters. The van der Waals surface area contributed by atoms with E-state index >= 15 is 0 Å². The summed E-state index contributed by atoms with van der Waals surface area (Å²) in [7, 11) is 1.64. The molecule has 0 fully saturated rings. The van der Waals surface area contributed by atoms with E-state index in [4.69, 9.17) is 9.47 Å². The van der Waals surface area contributed by atoms with Gasteiger partial charge in [0.2, 0.25) is 0 Å². The molecule has 0 saturated carbocycles. The minimum Gasteiger partial charge on any atom is -0.497 e. The van der Waals surface area contributed by atoms with Gasteiger partial charge in [-0.3, -0.25) is 0 Å². The van der Waals surface area contributed by atoms with Crippen molar-refractivity contribution < 1.29 is 14.6 Å². The molecule has 0 saturated heterocycles. The van der Waals surface area contributed by atoms with Crippen LogP contribution in [-0.2, 0) is 11.0 Å². The summed E-state index contributed by atoms with van der Waals surface area (Å²) in [5, 5.41) is 14.9. The van der Waals surface area contributed by atoms with Crippen molar-refractivity contribution in [2.45, 2.75) is 17.9 Å². The van der Waals surface area contributed by atoms with Crippen LogP contribution in [0.1, 0.15) is 44.5 Å². The number of rotatable bonds is 8. The monoisotopic (exact) mass is 686 g/mol. The van der Waals surface area contributed by atoms with Crippen molar-refractivity contribution in [3.05, 3.63) is 233 Å². The molecule has 53 heavy (non-hydrogen) atoms. The number of aryl methyl sites for hydroxylation is 1. The van der Waals surface area contributed by atoms with Crippen LogP contribution < -0.4 is 9.47 Å². The molecule has 1 aliphatic carbocycles. The van der Waals surface area contributed by atoms with Crippen LogP contribution in [-0.4, -0.2) is 12.2 Å². The van der Waals surface area contributed by atoms with Gasteiger partial charge in [0, 0.05) is 0 Å². The molecule has 3 heteroatoms. The first kappa shape index (κ1) is 32.5. The molecular formula is C50H38O3. The van der Waals surface area contributed by atoms with Gasteiger partial charge in [0.15, 0.2) is 0 Å². The molecule has 256 valence electrons. The molecule has 1 N–H and O–H groups in total. The van der Waals surface area contributed by atoms with E-state index in [2.05, 4.69) is 116 Å². The molecule has 0 bridgehead atoms. The van der Waals surface area contributed by atoms with Crippen molar-refractivity contribution in [1.82, 2.24) is 0 Å². The van der Waals surface area contributed by atoms with Gasteiger partial charge in [0.1, 0.15) is 22.8 Å². The minimum atomic E-state index is -1.36. The second kappa shape index (κ2) is 13.0. The maximum Gasteiger partial charge on any atom is 0.140 e. The van der Waals surface area contributed by atoms with Crippen LogP contribution in [0.25, 0.3) is 21.9 Å². The number of ether oxygens (including phenoxy) is 2. The fourth-order valence-corrected chi connectivity index (χ4v) is 8.32. The van der Waals surface area contributed by atoms with E-state index in [1.165, 1.54) is 49.7 Å². The standard InChI is InChI=1S/C50H38O3/c1-34-16-19-36(20-17-34)49(46-15-9-8-14-45(46)48-44-13-7-6-10-35(44)18-33-47(48)49)37-21-29-42(30-22-37)53-43-31-25-40(26-32-43)50(51,38-11-4-3-5-12-38)39-23-27-41(52-2)28-24-39/h3-33,51H,1-2H3. The molecule has 2 unspecified atom stereocenters. The highest BCUT2D eigenvalue weighted by Crippen LogP contribution is 2.58. The Labute approximate surface area is 310 Å². The molecule has 0 amide bonds. The van der Waals surface area contributed by atoms with Crippen molar-refractivity contribution in [1.29, 1.82) is 0 Å². The van der Waals surface area contributed by atoms with E-state index in [-0.39, 0.29) is 0 Å². The third-order valence-corrected chi connectivity index (χ3v) is 10.9. The van der Waals surface area contributed by atoms with Crippen LogP contribution in [0.2, 0.25) is 0 Å². The van der Waals surface area contributed by atoms with E-state index in [0.717, 1.165) is 28.2 Å². The van der Waals surface area contributed by atoms with Gasteiger partial charge in [-0.1, -0.05) is 157 Å². The first-order valence-electron chi connectivity index (χ1n) is 18.0. The van der Waals surface area contributed by atoms with E-state index in [1.807, 2.05) is 78.9 Å². The molecule has 0 aliphatic heterocycles. The largest absolute Gasteiger partial charge is 0.497 e. The van der Waals surface area contributed by atoms with Gasteiger partial charge in [-0.25, -0.2) is 0 Å². The van der Waals surface area contributed by atoms with Gasteiger partial charge in [-0.2, -0.15) is 0 Å². The molecule has 3 nitrogen and oxygen atoms in total. The lowest BCUT2D eigenvalue weighted by atomic mass is 9.67. The van der Waals surface area contributed by atoms with Crippen molar-refractivity contribution >= 4 is 10.8 Å². The van der Waals surface area contributed by atoms with Crippen molar-refractivity contribution in [2.24, 2.45) is 0 Å². The van der Waals surface area contributed by atoms with E-state index in [9.17, 15) is 5.11 Å². The molecule has 0 radical (unpaired) electrons. The lowest BCUT2D eigenvalue weighted by Gasteiger charge is -2.34. The van der Waals surface area contributed by atoms with Crippen LogP contribution in [0.5, 0.6) is 17.2 Å². The molecule has 0 heterocycles. The SMILES string of the molecule is COc1ccc(C(O)(c2ccccc2)c2ccc(Oc3ccc(C4(c5ccc(C)cc5)c5ccccc5-c5c4ccc4ccccc54)cc3)cc2)cc1. The highest BCUT2D eigenvalue weighted by Gasteiger charge is 2.46. The van der Waals surface area contributed by atoms with Gasteiger partial charge in [-0.15, -0.1) is 0 Å². The molecular weight excluding hydrogens is 649 g/mol. The number of methoxy groups -OCH3 is 1. The first-order valence-corrected chi connectivity index (χ1v) is 18.0. The summed E-state index contributed by atoms with van der Waals surface area (Å²) in [5.74, 6) is 2.15. The summed E-state index contributed by atoms with van der Waals surface area (Å²) in [5.41, 5.74) is 9.17. The fraction of sp³-hybridized carbons (Fsp3) is 0.0800. The van der Waals surface area contributed by atoms with Gasteiger partial charge < -0.3 is 14.6 Å². The van der Waals surface area contributed by atoms with E-state index in [0.29, 0.717) is 5.75 Å². The Morgan fingerprint density at radius 3 is 1.66 bits per heavy atom. The van der Waals surface area contributed by atoms with E-state index in [1.54, 1.807) is 7.11 Å². The normalized spacial score (nSPS) is 15.7. The minimum absolute atomic E-state index is 0.507. The predicted molar refractivity (Wildman–Crippen MR) is 214 cm³/mol. The summed E-state index contributed by atoms with van der Waals surface area (Å²) >= 11 is 0. The van der Waals surface area contributed by atoms with Crippen molar-refractivity contribution in [3.63, 3.8) is 0 Å². The highest BCUT2D eigenvalue weighted by molar-refractivity contribution is 6.04. The Morgan fingerprint density at radius 1 is 0.472 bits per heavy atom. The summed E-state index contributed by atoms with van der Waals surface area (Å²) in [6.07, 6.45) is 0. The average molecular weight is 687 g/mol. The Kier molecular flexibility index (Phi) is 7.95. The summed E-state index contributed by atoms with van der Waals surface area (Å²) in [6, 6.07) is 64.7. The number of hydrogen-bond acceptors (Lipinski definition) is 3. The smallest absolute Gasteiger partial charge is 0.140 e. The zero-order valence-corrected chi connectivity index (χ0v) is 29.7. The molecule has 0 spiro atoms. The van der Waals surface area contributed by atoms with Crippen LogP contribution in [0, 0.1) is 6.92 Å². The van der Waals surface area contributed by atoms with Gasteiger partial charge in [0.05, 0.1) is 12.5 Å². The molecule has 8 aromatic carbocycles. The number of aliphatic hydroxyl groups is 1. The second-order valence-corrected chi connectivity index (χ2v) is 13.8. The number of fused-ring (bicyclic) bond motifs is 5. The lowest BCUT2D eigenvalue weighted by Crippen LogP contribution is -2.28. The van der Waals surface area contributed by atoms with Crippen LogP contribution >= 0.6 is 0 Å². The fourth-order valence-electron chi connectivity index (χ4n) is 8.32. The zero-order valence-electron chi connectivity index (χ0n) is 29.7. The first-order chi connectivity index (χ1) is 26.0. The Morgan fingerprint density at radius 2 is 1.00 bits per heavy atom. The zero-order chi connectivity index (χ0) is 36.0. The Hall–Kier alpha value is -6.42. The third kappa shape index (κ3) is 5.24. The van der Waals surface area contributed by atoms with Crippen molar-refractivity contribution in [3.8, 4) is 28.4 Å². The number of hydrogen-bond donors (Lipinski definition) is 1. The average Bonchev–Trinajstić information content (AvgIpc) is 3.53. The lowest BCUT2D eigenvalue weighted by molar-refractivity contribution is 0.125. The predicted octanol–water partition coefficient (Wildman–Crippen LogP) is 11.6. The third-order valence-electron chi connectivity index (χ3n) is 10.9. The molecule has 8 aromatic rings. The van der Waals surface area contributed by atoms with Crippen LogP contribution in [0.3, 0.4) is 0 Å². The topological polar surface area (TPSA) is 38.7 Å². The maximum atomic E-state index is 12.4. The van der Waals surface area contributed by atoms with Gasteiger partial charge in [0.25, 0.3) is 0 Å². The van der Waals surface area contributed by atoms with Gasteiger partial charge >= 0.3 is 0 Å². The molecule has 0 aromatic heterocycles. The summed E-state index contributed by atoms with van der Waals surface area (Å²) < 4.78 is 11.8. The molecule has 1 aliphatic rings. The van der Waals surface area contributed by atoms with Crippen LogP contribution in [0.15, 0.2) is 188 Å². The van der Waals surface area contributed by atoms with Crippen molar-refractivity contribution in [2.75, 3.05) is 7.11 Å². The number of benzene rings is 8. The highest BCUT2D eigenvalue weighted by atomic mass is 16.5. The summed E-state index contributed by atoms with van der Waals surface area (Å²) in [4.78, 5) is 0. The van der Waals surface area contributed by atoms with E-state index < -0.39 is 11.0 Å². The second-order valence-electron chi connectivity index (χ2n) is 13.8. The van der Waals surface area contributed by atoms with Gasteiger partial charge in [-0.05, 0) is 104 Å². The Bertz CT molecular complexity index is 2560. The Balaban J connectivity index is 1.10. The van der Waals surface area contributed by atoms with Crippen LogP contribution in [0.4, 0.5) is 0 Å². The quantitative estimate of drug-likeness (QED) is 0.162. The summed E-state index contributed by atoms with van der Waals surface area (Å²) in [6.45, 7) is 2.14. The molecule has 9 rings (SSSR count).